The molecule has 0 radical (unpaired) electrons. The SMILES string of the molecule is CC(=O)NO[C@H]1[C@H](O)CCO[C@@H]1CO. The molecule has 82 valence electrons. The molecule has 3 atom stereocenters. The molecule has 1 saturated heterocycles. The first kappa shape index (κ1) is 11.4. The predicted octanol–water partition coefficient (Wildman–Crippen LogP) is -1.44. The molecular formula is C8H15NO5. The number of ether oxygens (including phenoxy) is 1. The molecule has 0 unspecified atom stereocenters. The van der Waals surface area contributed by atoms with E-state index in [9.17, 15) is 9.90 Å². The average Bonchev–Trinajstić information content (AvgIpc) is 2.15. The van der Waals surface area contributed by atoms with Crippen LogP contribution in [0.1, 0.15) is 13.3 Å². The molecule has 1 heterocycles. The smallest absolute Gasteiger partial charge is 0.240 e. The fourth-order valence-corrected chi connectivity index (χ4v) is 1.31. The molecule has 1 aliphatic rings. The number of carbonyl (C=O) groups is 1. The maximum atomic E-state index is 10.6. The van der Waals surface area contributed by atoms with Crippen molar-refractivity contribution < 1.29 is 24.6 Å². The minimum atomic E-state index is -0.729. The molecule has 0 aromatic rings. The minimum absolute atomic E-state index is 0.249. The second-order valence-corrected chi connectivity index (χ2v) is 3.19. The molecule has 1 aliphatic heterocycles. The summed E-state index contributed by atoms with van der Waals surface area (Å²) < 4.78 is 5.16. The second-order valence-electron chi connectivity index (χ2n) is 3.19. The van der Waals surface area contributed by atoms with Crippen LogP contribution < -0.4 is 5.48 Å². The van der Waals surface area contributed by atoms with Crippen LogP contribution >= 0.6 is 0 Å². The van der Waals surface area contributed by atoms with Crippen LogP contribution in [-0.2, 0) is 14.4 Å². The Balaban J connectivity index is 2.46. The van der Waals surface area contributed by atoms with Gasteiger partial charge in [-0.1, -0.05) is 0 Å². The van der Waals surface area contributed by atoms with Crippen molar-refractivity contribution in [2.45, 2.75) is 31.7 Å². The summed E-state index contributed by atoms with van der Waals surface area (Å²) in [4.78, 5) is 15.5. The molecule has 0 saturated carbocycles. The highest BCUT2D eigenvalue weighted by molar-refractivity contribution is 5.71. The van der Waals surface area contributed by atoms with Crippen LogP contribution in [0, 0.1) is 0 Å². The van der Waals surface area contributed by atoms with Gasteiger partial charge in [-0.3, -0.25) is 9.63 Å². The lowest BCUT2D eigenvalue weighted by Crippen LogP contribution is -2.50. The first-order chi connectivity index (χ1) is 6.65. The maximum Gasteiger partial charge on any atom is 0.240 e. The van der Waals surface area contributed by atoms with Crippen LogP contribution in [-0.4, -0.2) is 47.6 Å². The Hall–Kier alpha value is -0.690. The first-order valence-electron chi connectivity index (χ1n) is 4.48. The molecule has 0 bridgehead atoms. The Bertz CT molecular complexity index is 198. The van der Waals surface area contributed by atoms with Crippen LogP contribution in [0.15, 0.2) is 0 Å². The number of hydrogen-bond donors (Lipinski definition) is 3. The first-order valence-corrected chi connectivity index (χ1v) is 4.48. The van der Waals surface area contributed by atoms with Crippen molar-refractivity contribution in [1.29, 1.82) is 0 Å². The number of carbonyl (C=O) groups excluding carboxylic acids is 1. The van der Waals surface area contributed by atoms with E-state index in [1.165, 1.54) is 6.92 Å². The fraction of sp³-hybridized carbons (Fsp3) is 0.875. The number of rotatable bonds is 3. The molecule has 1 rings (SSSR count). The summed E-state index contributed by atoms with van der Waals surface area (Å²) in [7, 11) is 0. The van der Waals surface area contributed by atoms with E-state index in [0.29, 0.717) is 13.0 Å². The van der Waals surface area contributed by atoms with Crippen LogP contribution in [0.2, 0.25) is 0 Å². The van der Waals surface area contributed by atoms with Crippen molar-refractivity contribution in [2.24, 2.45) is 0 Å². The van der Waals surface area contributed by atoms with Crippen LogP contribution in [0.5, 0.6) is 0 Å². The Labute approximate surface area is 81.8 Å². The third kappa shape index (κ3) is 2.91. The van der Waals surface area contributed by atoms with Gasteiger partial charge in [0.15, 0.2) is 0 Å². The van der Waals surface area contributed by atoms with Crippen LogP contribution in [0.25, 0.3) is 0 Å². The summed E-state index contributed by atoms with van der Waals surface area (Å²) in [5.41, 5.74) is 2.12. The van der Waals surface area contributed by atoms with Gasteiger partial charge in [-0.05, 0) is 6.42 Å². The van der Waals surface area contributed by atoms with Gasteiger partial charge in [0.1, 0.15) is 12.2 Å². The zero-order valence-electron chi connectivity index (χ0n) is 7.97. The molecule has 6 nitrogen and oxygen atoms in total. The topological polar surface area (TPSA) is 88.0 Å². The van der Waals surface area contributed by atoms with Gasteiger partial charge in [-0.25, -0.2) is 5.48 Å². The third-order valence-electron chi connectivity index (χ3n) is 2.01. The monoisotopic (exact) mass is 205 g/mol. The number of amides is 1. The second kappa shape index (κ2) is 5.26. The lowest BCUT2D eigenvalue weighted by atomic mass is 10.0. The van der Waals surface area contributed by atoms with Crippen LogP contribution in [0.3, 0.4) is 0 Å². The molecule has 14 heavy (non-hydrogen) atoms. The Kier molecular flexibility index (Phi) is 4.27. The molecule has 3 N–H and O–H groups in total. The summed E-state index contributed by atoms with van der Waals surface area (Å²) in [5.74, 6) is -0.362. The number of hydroxylamine groups is 1. The van der Waals surface area contributed by atoms with Gasteiger partial charge >= 0.3 is 0 Å². The van der Waals surface area contributed by atoms with Crippen molar-refractivity contribution in [1.82, 2.24) is 5.48 Å². The van der Waals surface area contributed by atoms with Crippen molar-refractivity contribution in [3.05, 3.63) is 0 Å². The molecular weight excluding hydrogens is 190 g/mol. The van der Waals surface area contributed by atoms with E-state index < -0.39 is 18.3 Å². The fourth-order valence-electron chi connectivity index (χ4n) is 1.31. The molecule has 0 aliphatic carbocycles. The highest BCUT2D eigenvalue weighted by Crippen LogP contribution is 2.16. The Morgan fingerprint density at radius 1 is 1.71 bits per heavy atom. The molecule has 1 amide bonds. The van der Waals surface area contributed by atoms with E-state index in [1.807, 2.05) is 0 Å². The molecule has 6 heteroatoms. The molecule has 0 spiro atoms. The van der Waals surface area contributed by atoms with E-state index in [0.717, 1.165) is 0 Å². The lowest BCUT2D eigenvalue weighted by molar-refractivity contribution is -0.196. The molecule has 1 fully saturated rings. The average molecular weight is 205 g/mol. The number of aliphatic hydroxyl groups is 2. The summed E-state index contributed by atoms with van der Waals surface area (Å²) in [5, 5.41) is 18.4. The summed E-state index contributed by atoms with van der Waals surface area (Å²) in [6.07, 6.45) is -1.60. The normalized spacial score (nSPS) is 32.6. The van der Waals surface area contributed by atoms with Crippen molar-refractivity contribution in [3.8, 4) is 0 Å². The highest BCUT2D eigenvalue weighted by atomic mass is 16.7. The van der Waals surface area contributed by atoms with Gasteiger partial charge < -0.3 is 14.9 Å². The predicted molar refractivity (Wildman–Crippen MR) is 46.1 cm³/mol. The zero-order valence-corrected chi connectivity index (χ0v) is 7.97. The zero-order chi connectivity index (χ0) is 10.6. The summed E-state index contributed by atoms with van der Waals surface area (Å²) in [6, 6.07) is 0. The third-order valence-corrected chi connectivity index (χ3v) is 2.01. The van der Waals surface area contributed by atoms with E-state index in [4.69, 9.17) is 14.7 Å². The van der Waals surface area contributed by atoms with E-state index >= 15 is 0 Å². The minimum Gasteiger partial charge on any atom is -0.394 e. The summed E-state index contributed by atoms with van der Waals surface area (Å²) >= 11 is 0. The van der Waals surface area contributed by atoms with Crippen molar-refractivity contribution >= 4 is 5.91 Å². The van der Waals surface area contributed by atoms with E-state index in [-0.39, 0.29) is 12.5 Å². The van der Waals surface area contributed by atoms with Gasteiger partial charge in [-0.15, -0.1) is 0 Å². The van der Waals surface area contributed by atoms with Gasteiger partial charge in [0.25, 0.3) is 0 Å². The largest absolute Gasteiger partial charge is 0.394 e. The van der Waals surface area contributed by atoms with Gasteiger partial charge in [0, 0.05) is 13.5 Å². The Morgan fingerprint density at radius 3 is 3.00 bits per heavy atom. The Morgan fingerprint density at radius 2 is 2.43 bits per heavy atom. The van der Waals surface area contributed by atoms with E-state index in [1.54, 1.807) is 0 Å². The maximum absolute atomic E-state index is 10.6. The number of nitrogens with one attached hydrogen (secondary N) is 1. The van der Waals surface area contributed by atoms with Crippen LogP contribution in [0.4, 0.5) is 0 Å². The lowest BCUT2D eigenvalue weighted by Gasteiger charge is -2.33. The number of hydrogen-bond acceptors (Lipinski definition) is 5. The van der Waals surface area contributed by atoms with E-state index in [2.05, 4.69) is 5.48 Å². The van der Waals surface area contributed by atoms with Gasteiger partial charge in [-0.2, -0.15) is 0 Å². The molecule has 0 aromatic heterocycles. The van der Waals surface area contributed by atoms with Gasteiger partial charge in [0.05, 0.1) is 12.7 Å². The quantitative estimate of drug-likeness (QED) is 0.491. The molecule has 0 aromatic carbocycles. The summed E-state index contributed by atoms with van der Waals surface area (Å²) in [6.45, 7) is 1.43. The standard InChI is InChI=1S/C8H15NO5/c1-5(11)9-14-8-6(12)2-3-13-7(8)4-10/h6-8,10,12H,2-4H2,1H3,(H,9,11)/t6-,7-,8+/m1/s1. The van der Waals surface area contributed by atoms with Crippen molar-refractivity contribution in [2.75, 3.05) is 13.2 Å². The number of aliphatic hydroxyl groups excluding tert-OH is 2. The highest BCUT2D eigenvalue weighted by Gasteiger charge is 2.34. The van der Waals surface area contributed by atoms with Crippen molar-refractivity contribution in [3.63, 3.8) is 0 Å². The van der Waals surface area contributed by atoms with Gasteiger partial charge in [0.2, 0.25) is 5.91 Å².